The number of sulfone groups is 1. The lowest BCUT2D eigenvalue weighted by Crippen LogP contribution is -2.26. The van der Waals surface area contributed by atoms with Crippen LogP contribution >= 0.6 is 0 Å². The first-order chi connectivity index (χ1) is 14.0. The number of halogens is 5. The molecular weight excluding hydrogens is 435 g/mol. The lowest BCUT2D eigenvalue weighted by atomic mass is 10.00. The van der Waals surface area contributed by atoms with Crippen molar-refractivity contribution in [1.82, 2.24) is 10.3 Å². The van der Waals surface area contributed by atoms with Gasteiger partial charge in [0.1, 0.15) is 23.5 Å². The van der Waals surface area contributed by atoms with Gasteiger partial charge in [0, 0.05) is 11.8 Å². The molecular formula is C18H15F5N2O4S. The lowest BCUT2D eigenvalue weighted by Gasteiger charge is -2.21. The van der Waals surface area contributed by atoms with Crippen molar-refractivity contribution in [2.75, 3.05) is 12.5 Å². The minimum atomic E-state index is -4.73. The van der Waals surface area contributed by atoms with Crippen molar-refractivity contribution in [3.05, 3.63) is 76.4 Å². The number of aryl methyl sites for hydroxylation is 1. The zero-order valence-corrected chi connectivity index (χ0v) is 16.1. The molecule has 1 aromatic heterocycles. The topological polar surface area (TPSA) is 96.4 Å². The van der Waals surface area contributed by atoms with Crippen LogP contribution in [0.4, 0.5) is 22.0 Å². The van der Waals surface area contributed by atoms with Gasteiger partial charge in [0.25, 0.3) is 12.0 Å². The van der Waals surface area contributed by atoms with Gasteiger partial charge in [-0.15, -0.1) is 0 Å². The monoisotopic (exact) mass is 450 g/mol. The van der Waals surface area contributed by atoms with E-state index >= 15 is 0 Å². The Bertz CT molecular complexity index is 1100. The number of carbonyl (C=O) groups is 1. The number of benzene rings is 1. The van der Waals surface area contributed by atoms with Crippen LogP contribution in [0.5, 0.6) is 0 Å². The van der Waals surface area contributed by atoms with Crippen LogP contribution in [0.25, 0.3) is 0 Å². The first kappa shape index (κ1) is 23.4. The summed E-state index contributed by atoms with van der Waals surface area (Å²) >= 11 is 0. The zero-order chi connectivity index (χ0) is 22.6. The van der Waals surface area contributed by atoms with Crippen molar-refractivity contribution >= 4 is 15.7 Å². The van der Waals surface area contributed by atoms with Gasteiger partial charge in [0.15, 0.2) is 21.5 Å². The molecule has 1 atom stereocenters. The summed E-state index contributed by atoms with van der Waals surface area (Å²) in [6.45, 7) is 0.578. The molecule has 0 aliphatic carbocycles. The molecule has 0 fully saturated rings. The largest absolute Gasteiger partial charge is 0.376 e. The third-order valence-electron chi connectivity index (χ3n) is 4.08. The summed E-state index contributed by atoms with van der Waals surface area (Å²) in [5.74, 6) is -6.86. The van der Waals surface area contributed by atoms with Gasteiger partial charge >= 0.3 is 0 Å². The average molecular weight is 450 g/mol. The van der Waals surface area contributed by atoms with Crippen molar-refractivity contribution in [3.8, 4) is 0 Å². The highest BCUT2D eigenvalue weighted by Gasteiger charge is 2.36. The Labute approximate surface area is 168 Å². The van der Waals surface area contributed by atoms with Crippen molar-refractivity contribution < 1.29 is 40.3 Å². The van der Waals surface area contributed by atoms with Gasteiger partial charge < -0.3 is 10.4 Å². The number of nitrogens with one attached hydrogen (secondary N) is 1. The molecule has 30 heavy (non-hydrogen) atoms. The van der Waals surface area contributed by atoms with Crippen LogP contribution in [0, 0.1) is 24.4 Å². The van der Waals surface area contributed by atoms with E-state index < -0.39 is 62.6 Å². The van der Waals surface area contributed by atoms with E-state index in [9.17, 15) is 35.2 Å². The number of amides is 1. The number of nitrogens with zero attached hydrogens (tertiary/aromatic N) is 1. The minimum Gasteiger partial charge on any atom is -0.376 e. The Kier molecular flexibility index (Phi) is 7.26. The number of pyridine rings is 1. The third kappa shape index (κ3) is 5.00. The summed E-state index contributed by atoms with van der Waals surface area (Å²) in [7, 11) is -4.73. The van der Waals surface area contributed by atoms with E-state index in [0.717, 1.165) is 12.3 Å². The molecule has 6 nitrogen and oxygen atoms in total. The van der Waals surface area contributed by atoms with Gasteiger partial charge in [-0.3, -0.25) is 9.78 Å². The maximum atomic E-state index is 14.4. The molecule has 12 heteroatoms. The van der Waals surface area contributed by atoms with Crippen LogP contribution in [0.15, 0.2) is 36.6 Å². The van der Waals surface area contributed by atoms with E-state index in [1.165, 1.54) is 6.92 Å². The minimum absolute atomic E-state index is 0.00873. The van der Waals surface area contributed by atoms with E-state index in [2.05, 4.69) is 4.98 Å². The van der Waals surface area contributed by atoms with E-state index in [1.807, 2.05) is 5.32 Å². The number of hydrogen-bond acceptors (Lipinski definition) is 5. The van der Waals surface area contributed by atoms with Gasteiger partial charge in [-0.25, -0.2) is 21.6 Å². The van der Waals surface area contributed by atoms with Crippen molar-refractivity contribution in [3.63, 3.8) is 0 Å². The molecule has 0 saturated carbocycles. The number of carbonyl (C=O) groups excluding carboxylic acids is 1. The van der Waals surface area contributed by atoms with Crippen LogP contribution < -0.4 is 5.32 Å². The van der Waals surface area contributed by atoms with Crippen molar-refractivity contribution in [2.45, 2.75) is 12.2 Å². The fourth-order valence-corrected chi connectivity index (χ4v) is 4.47. The summed E-state index contributed by atoms with van der Waals surface area (Å²) < 4.78 is 93.0. The van der Waals surface area contributed by atoms with Gasteiger partial charge in [0.05, 0.1) is 5.75 Å². The number of aromatic nitrogens is 1. The maximum Gasteiger partial charge on any atom is 0.271 e. The highest BCUT2D eigenvalue weighted by molar-refractivity contribution is 7.92. The Balaban J connectivity index is 2.74. The van der Waals surface area contributed by atoms with Crippen LogP contribution in [-0.4, -0.2) is 36.9 Å². The third-order valence-corrected chi connectivity index (χ3v) is 5.92. The summed E-state index contributed by atoms with van der Waals surface area (Å²) in [5.41, 5.74) is -1.78. The Hall–Kier alpha value is -2.86. The fraction of sp³-hybridized carbons (Fsp3) is 0.222. The zero-order valence-electron chi connectivity index (χ0n) is 15.3. The predicted octanol–water partition coefficient (Wildman–Crippen LogP) is 2.77. The summed E-state index contributed by atoms with van der Waals surface area (Å²) in [6, 6.07) is 2.03. The summed E-state index contributed by atoms with van der Waals surface area (Å²) in [4.78, 5) is 15.5. The molecule has 2 N–H and O–H groups in total. The van der Waals surface area contributed by atoms with E-state index in [-0.39, 0.29) is 22.9 Å². The van der Waals surface area contributed by atoms with Gasteiger partial charge in [-0.1, -0.05) is 0 Å². The number of rotatable bonds is 7. The first-order valence-corrected chi connectivity index (χ1v) is 9.92. The Morgan fingerprint density at radius 2 is 1.87 bits per heavy atom. The summed E-state index contributed by atoms with van der Waals surface area (Å²) in [5, 5.41) is 8.55. The fourth-order valence-electron chi connectivity index (χ4n) is 2.71. The Morgan fingerprint density at radius 3 is 2.43 bits per heavy atom. The molecule has 0 spiro atoms. The standard InChI is InChI=1S/C18H15F5N2O4S/c1-9-6-13(18(27)25-8-26)24-7-10(9)17(30(28,29)5-4-14(21)22)15-11(19)2-3-12(20)16(15)23/h2-4,6-7,17,26H,5,8H2,1H3,(H,25,27). The molecule has 1 heterocycles. The Morgan fingerprint density at radius 1 is 1.23 bits per heavy atom. The molecule has 0 aliphatic heterocycles. The molecule has 0 aliphatic rings. The molecule has 1 unspecified atom stereocenters. The molecule has 0 saturated heterocycles. The quantitative estimate of drug-likeness (QED) is 0.384. The van der Waals surface area contributed by atoms with Crippen LogP contribution in [-0.2, 0) is 9.84 Å². The molecule has 1 aromatic carbocycles. The highest BCUT2D eigenvalue weighted by atomic mass is 32.2. The molecule has 162 valence electrons. The predicted molar refractivity (Wildman–Crippen MR) is 95.8 cm³/mol. The molecule has 2 aromatic rings. The summed E-state index contributed by atoms with van der Waals surface area (Å²) in [6.07, 6.45) is -1.46. The second-order valence-corrected chi connectivity index (χ2v) is 8.18. The molecule has 2 rings (SSSR count). The molecule has 1 amide bonds. The van der Waals surface area contributed by atoms with E-state index in [0.29, 0.717) is 12.1 Å². The second-order valence-electron chi connectivity index (χ2n) is 6.05. The maximum absolute atomic E-state index is 14.4. The SMILES string of the molecule is Cc1cc(C(=O)NCO)ncc1C(c1c(F)ccc(F)c1F)S(=O)(=O)CC=C(F)F. The number of aliphatic hydroxyl groups is 1. The molecule has 0 bridgehead atoms. The van der Waals surface area contributed by atoms with Gasteiger partial charge in [-0.2, -0.15) is 8.78 Å². The normalized spacial score (nSPS) is 12.4. The van der Waals surface area contributed by atoms with Gasteiger partial charge in [-0.05, 0) is 42.3 Å². The number of hydrogen-bond donors (Lipinski definition) is 2. The smallest absolute Gasteiger partial charge is 0.271 e. The van der Waals surface area contributed by atoms with E-state index in [1.54, 1.807) is 0 Å². The number of aliphatic hydroxyl groups excluding tert-OH is 1. The van der Waals surface area contributed by atoms with Crippen LogP contribution in [0.1, 0.15) is 32.4 Å². The molecule has 0 radical (unpaired) electrons. The lowest BCUT2D eigenvalue weighted by molar-refractivity contribution is 0.0905. The first-order valence-electron chi connectivity index (χ1n) is 8.21. The van der Waals surface area contributed by atoms with Crippen LogP contribution in [0.2, 0.25) is 0 Å². The highest BCUT2D eigenvalue weighted by Crippen LogP contribution is 2.37. The van der Waals surface area contributed by atoms with Crippen LogP contribution in [0.3, 0.4) is 0 Å². The van der Waals surface area contributed by atoms with Crippen molar-refractivity contribution in [2.24, 2.45) is 0 Å². The van der Waals surface area contributed by atoms with Gasteiger partial charge in [0.2, 0.25) is 0 Å². The van der Waals surface area contributed by atoms with E-state index in [4.69, 9.17) is 5.11 Å². The van der Waals surface area contributed by atoms with Crippen molar-refractivity contribution in [1.29, 1.82) is 0 Å². The second kappa shape index (κ2) is 9.30. The average Bonchev–Trinajstić information content (AvgIpc) is 2.67.